The fourth-order valence-corrected chi connectivity index (χ4v) is 2.51. The summed E-state index contributed by atoms with van der Waals surface area (Å²) in [5.74, 6) is -1.06. The number of aromatic nitrogens is 2. The largest absolute Gasteiger partial charge is 0.481 e. The van der Waals surface area contributed by atoms with Gasteiger partial charge in [-0.05, 0) is 25.0 Å². The van der Waals surface area contributed by atoms with E-state index in [9.17, 15) is 9.18 Å². The van der Waals surface area contributed by atoms with Crippen LogP contribution in [0.1, 0.15) is 12.1 Å². The Kier molecular flexibility index (Phi) is 4.09. The molecule has 1 aliphatic rings. The molecule has 0 spiro atoms. The lowest BCUT2D eigenvalue weighted by molar-refractivity contribution is -0.142. The number of carboxylic acids is 1. The van der Waals surface area contributed by atoms with E-state index in [0.29, 0.717) is 30.8 Å². The quantitative estimate of drug-likeness (QED) is 0.927. The van der Waals surface area contributed by atoms with Crippen molar-refractivity contribution in [1.29, 1.82) is 0 Å². The zero-order chi connectivity index (χ0) is 13.4. The average molecular weight is 297 g/mol. The maximum atomic E-state index is 13.8. The number of rotatable bonds is 2. The zero-order valence-corrected chi connectivity index (χ0v) is 11.4. The first-order valence-electron chi connectivity index (χ1n) is 6.19. The van der Waals surface area contributed by atoms with Crippen LogP contribution in [0.2, 0.25) is 0 Å². The number of nitrogens with zero attached hydrogens (tertiary/aromatic N) is 2. The summed E-state index contributed by atoms with van der Waals surface area (Å²) in [7, 11) is 0. The first-order chi connectivity index (χ1) is 9.16. The molecule has 0 saturated carbocycles. The molecule has 6 heteroatoms. The SMILES string of the molecule is Cl.O=C(O)C1CCc2cnc(-c3ccccc3F)n2C1. The summed E-state index contributed by atoms with van der Waals surface area (Å²) in [6, 6.07) is 6.42. The maximum absolute atomic E-state index is 13.8. The molecule has 3 rings (SSSR count). The Morgan fingerprint density at radius 3 is 2.85 bits per heavy atom. The molecule has 0 aliphatic carbocycles. The molecule has 106 valence electrons. The minimum absolute atomic E-state index is 0. The monoisotopic (exact) mass is 296 g/mol. The van der Waals surface area contributed by atoms with Crippen molar-refractivity contribution in [3.8, 4) is 11.4 Å². The third kappa shape index (κ3) is 2.41. The molecule has 20 heavy (non-hydrogen) atoms. The highest BCUT2D eigenvalue weighted by Crippen LogP contribution is 2.28. The molecule has 0 fully saturated rings. The number of hydrogen-bond donors (Lipinski definition) is 1. The van der Waals surface area contributed by atoms with E-state index in [-0.39, 0.29) is 18.2 Å². The molecule has 1 unspecified atom stereocenters. The summed E-state index contributed by atoms with van der Waals surface area (Å²) in [5, 5.41) is 9.11. The number of imidazole rings is 1. The van der Waals surface area contributed by atoms with Crippen molar-refractivity contribution in [3.05, 3.63) is 42.0 Å². The van der Waals surface area contributed by atoms with Gasteiger partial charge < -0.3 is 9.67 Å². The number of carboxylic acid groups (broad SMARTS) is 1. The second kappa shape index (κ2) is 5.63. The van der Waals surface area contributed by atoms with E-state index >= 15 is 0 Å². The Labute approximate surface area is 121 Å². The number of benzene rings is 1. The third-order valence-corrected chi connectivity index (χ3v) is 3.55. The lowest BCUT2D eigenvalue weighted by Gasteiger charge is -2.22. The van der Waals surface area contributed by atoms with Crippen LogP contribution in [0, 0.1) is 11.7 Å². The van der Waals surface area contributed by atoms with Gasteiger partial charge in [-0.2, -0.15) is 0 Å². The van der Waals surface area contributed by atoms with Gasteiger partial charge in [-0.3, -0.25) is 4.79 Å². The number of hydrogen-bond acceptors (Lipinski definition) is 2. The van der Waals surface area contributed by atoms with Crippen molar-refractivity contribution < 1.29 is 14.3 Å². The van der Waals surface area contributed by atoms with Gasteiger partial charge in [0.05, 0.1) is 11.5 Å². The normalized spacial score (nSPS) is 17.1. The number of carbonyl (C=O) groups is 1. The Balaban J connectivity index is 0.00000147. The van der Waals surface area contributed by atoms with E-state index in [4.69, 9.17) is 5.11 Å². The zero-order valence-electron chi connectivity index (χ0n) is 10.6. The minimum atomic E-state index is -0.807. The molecule has 0 amide bonds. The summed E-state index contributed by atoms with van der Waals surface area (Å²) in [5.41, 5.74) is 1.38. The van der Waals surface area contributed by atoms with Gasteiger partial charge in [0, 0.05) is 18.4 Å². The number of aliphatic carboxylic acids is 1. The predicted molar refractivity (Wildman–Crippen MR) is 74.3 cm³/mol. The second-order valence-electron chi connectivity index (χ2n) is 4.74. The van der Waals surface area contributed by atoms with Gasteiger partial charge in [-0.25, -0.2) is 9.37 Å². The molecule has 1 atom stereocenters. The molecule has 2 heterocycles. The Morgan fingerprint density at radius 2 is 2.15 bits per heavy atom. The predicted octanol–water partition coefficient (Wildman–Crippen LogP) is 2.76. The van der Waals surface area contributed by atoms with Gasteiger partial charge in [-0.1, -0.05) is 12.1 Å². The fourth-order valence-electron chi connectivity index (χ4n) is 2.51. The standard InChI is InChI=1S/C14H13FN2O2.ClH/c15-12-4-2-1-3-11(12)13-16-7-10-6-5-9(14(18)19)8-17(10)13;/h1-4,7,9H,5-6,8H2,(H,18,19);1H. The van der Waals surface area contributed by atoms with Crippen LogP contribution in [0.3, 0.4) is 0 Å². The average Bonchev–Trinajstić information content (AvgIpc) is 2.82. The molecule has 1 aromatic heterocycles. The van der Waals surface area contributed by atoms with E-state index < -0.39 is 11.9 Å². The van der Waals surface area contributed by atoms with E-state index in [0.717, 1.165) is 5.69 Å². The van der Waals surface area contributed by atoms with Crippen LogP contribution in [0.25, 0.3) is 11.4 Å². The molecule has 2 aromatic rings. The minimum Gasteiger partial charge on any atom is -0.481 e. The molecule has 1 aliphatic heterocycles. The van der Waals surface area contributed by atoms with Gasteiger partial charge in [0.1, 0.15) is 11.6 Å². The number of halogens is 2. The van der Waals surface area contributed by atoms with Crippen LogP contribution in [0.4, 0.5) is 4.39 Å². The van der Waals surface area contributed by atoms with Crippen LogP contribution in [-0.2, 0) is 17.8 Å². The topological polar surface area (TPSA) is 55.1 Å². The van der Waals surface area contributed by atoms with Crippen LogP contribution in [-0.4, -0.2) is 20.6 Å². The molecule has 1 N–H and O–H groups in total. The summed E-state index contributed by atoms with van der Waals surface area (Å²) < 4.78 is 15.6. The summed E-state index contributed by atoms with van der Waals surface area (Å²) in [4.78, 5) is 15.3. The van der Waals surface area contributed by atoms with Gasteiger partial charge >= 0.3 is 5.97 Å². The fraction of sp³-hybridized carbons (Fsp3) is 0.286. The lowest BCUT2D eigenvalue weighted by atomic mass is 9.98. The summed E-state index contributed by atoms with van der Waals surface area (Å²) in [6.07, 6.45) is 2.98. The smallest absolute Gasteiger partial charge is 0.308 e. The Bertz CT molecular complexity index is 642. The van der Waals surface area contributed by atoms with Gasteiger partial charge in [-0.15, -0.1) is 12.4 Å². The van der Waals surface area contributed by atoms with Crippen molar-refractivity contribution >= 4 is 18.4 Å². The van der Waals surface area contributed by atoms with Crippen molar-refractivity contribution in [3.63, 3.8) is 0 Å². The number of aryl methyl sites for hydroxylation is 1. The highest BCUT2D eigenvalue weighted by molar-refractivity contribution is 5.85. The van der Waals surface area contributed by atoms with Crippen molar-refractivity contribution in [1.82, 2.24) is 9.55 Å². The van der Waals surface area contributed by atoms with Gasteiger partial charge in [0.15, 0.2) is 0 Å². The van der Waals surface area contributed by atoms with Crippen molar-refractivity contribution in [2.24, 2.45) is 5.92 Å². The Morgan fingerprint density at radius 1 is 1.40 bits per heavy atom. The Hall–Kier alpha value is -1.88. The first kappa shape index (κ1) is 14.5. The molecule has 0 saturated heterocycles. The van der Waals surface area contributed by atoms with Crippen molar-refractivity contribution in [2.75, 3.05) is 0 Å². The first-order valence-corrected chi connectivity index (χ1v) is 6.19. The van der Waals surface area contributed by atoms with Gasteiger partial charge in [0.25, 0.3) is 0 Å². The number of fused-ring (bicyclic) bond motifs is 1. The van der Waals surface area contributed by atoms with E-state index in [1.54, 1.807) is 24.4 Å². The molecule has 0 radical (unpaired) electrons. The maximum Gasteiger partial charge on any atom is 0.308 e. The van der Waals surface area contributed by atoms with E-state index in [1.165, 1.54) is 6.07 Å². The third-order valence-electron chi connectivity index (χ3n) is 3.55. The summed E-state index contributed by atoms with van der Waals surface area (Å²) >= 11 is 0. The van der Waals surface area contributed by atoms with E-state index in [2.05, 4.69) is 4.98 Å². The lowest BCUT2D eigenvalue weighted by Crippen LogP contribution is -2.26. The van der Waals surface area contributed by atoms with Crippen LogP contribution in [0.5, 0.6) is 0 Å². The van der Waals surface area contributed by atoms with Crippen molar-refractivity contribution in [2.45, 2.75) is 19.4 Å². The highest BCUT2D eigenvalue weighted by Gasteiger charge is 2.27. The summed E-state index contributed by atoms with van der Waals surface area (Å²) in [6.45, 7) is 0.355. The molecule has 4 nitrogen and oxygen atoms in total. The highest BCUT2D eigenvalue weighted by atomic mass is 35.5. The van der Waals surface area contributed by atoms with E-state index in [1.807, 2.05) is 4.57 Å². The van der Waals surface area contributed by atoms with Crippen LogP contribution < -0.4 is 0 Å². The molecular weight excluding hydrogens is 283 g/mol. The molecular formula is C14H14ClFN2O2. The molecule has 1 aromatic carbocycles. The van der Waals surface area contributed by atoms with Crippen LogP contribution in [0.15, 0.2) is 30.5 Å². The second-order valence-corrected chi connectivity index (χ2v) is 4.74. The molecule has 0 bridgehead atoms. The van der Waals surface area contributed by atoms with Crippen LogP contribution >= 0.6 is 12.4 Å². The van der Waals surface area contributed by atoms with Gasteiger partial charge in [0.2, 0.25) is 0 Å².